The Kier molecular flexibility index (Phi) is 3.19. The van der Waals surface area contributed by atoms with Crippen molar-refractivity contribution in [2.75, 3.05) is 0 Å². The van der Waals surface area contributed by atoms with Gasteiger partial charge in [0, 0.05) is 11.1 Å². The molecule has 3 aromatic rings. The number of rotatable bonds is 4. The number of carbonyl (C=O) groups excluding carboxylic acids is 1. The Labute approximate surface area is 114 Å². The van der Waals surface area contributed by atoms with Gasteiger partial charge in [-0.05, 0) is 34.5 Å². The fourth-order valence-corrected chi connectivity index (χ4v) is 3.03. The first-order valence-corrected chi connectivity index (χ1v) is 6.93. The molecule has 4 heteroatoms. The van der Waals surface area contributed by atoms with E-state index in [0.29, 0.717) is 24.5 Å². The van der Waals surface area contributed by atoms with Gasteiger partial charge in [0.25, 0.3) is 0 Å². The predicted octanol–water partition coefficient (Wildman–Crippen LogP) is 3.38. The van der Waals surface area contributed by atoms with Crippen molar-refractivity contribution in [3.8, 4) is 0 Å². The summed E-state index contributed by atoms with van der Waals surface area (Å²) in [6, 6.07) is 11.5. The summed E-state index contributed by atoms with van der Waals surface area (Å²) in [7, 11) is 0. The van der Waals surface area contributed by atoms with E-state index in [-0.39, 0.29) is 5.78 Å². The van der Waals surface area contributed by atoms with Gasteiger partial charge in [-0.15, -0.1) is 11.3 Å². The summed E-state index contributed by atoms with van der Waals surface area (Å²) in [6.45, 7) is 0.314. The maximum atomic E-state index is 12.2. The number of ketones is 1. The highest BCUT2D eigenvalue weighted by Gasteiger charge is 2.14. The lowest BCUT2D eigenvalue weighted by molar-refractivity contribution is 0.0965. The minimum atomic E-state index is -0.0109. The summed E-state index contributed by atoms with van der Waals surface area (Å²) in [5.74, 6) is 1.01. The van der Waals surface area contributed by atoms with E-state index in [4.69, 9.17) is 10.2 Å². The number of benzene rings is 1. The second kappa shape index (κ2) is 4.99. The maximum absolute atomic E-state index is 12.2. The second-order valence-corrected chi connectivity index (χ2v) is 5.24. The molecule has 2 aromatic heterocycles. The molecule has 0 saturated heterocycles. The van der Waals surface area contributed by atoms with Crippen LogP contribution < -0.4 is 5.73 Å². The van der Waals surface area contributed by atoms with Crippen LogP contribution in [0.2, 0.25) is 0 Å². The Hall–Kier alpha value is -1.91. The molecule has 0 amide bonds. The Morgan fingerprint density at radius 1 is 1.21 bits per heavy atom. The fraction of sp³-hybridized carbons (Fsp3) is 0.133. The van der Waals surface area contributed by atoms with Crippen LogP contribution in [-0.2, 0) is 13.0 Å². The third-order valence-corrected chi connectivity index (χ3v) is 4.06. The quantitative estimate of drug-likeness (QED) is 0.740. The number of furan rings is 1. The zero-order valence-electron chi connectivity index (χ0n) is 10.3. The minimum Gasteiger partial charge on any atom is -0.457 e. The van der Waals surface area contributed by atoms with Gasteiger partial charge in [-0.3, -0.25) is 4.79 Å². The minimum absolute atomic E-state index is 0.0109. The predicted molar refractivity (Wildman–Crippen MR) is 76.5 cm³/mol. The van der Waals surface area contributed by atoms with Gasteiger partial charge < -0.3 is 10.2 Å². The van der Waals surface area contributed by atoms with Crippen molar-refractivity contribution in [1.82, 2.24) is 0 Å². The summed E-state index contributed by atoms with van der Waals surface area (Å²) in [4.78, 5) is 12.2. The molecule has 0 aliphatic carbocycles. The van der Waals surface area contributed by atoms with Crippen LogP contribution in [0.1, 0.15) is 21.9 Å². The third kappa shape index (κ3) is 2.32. The zero-order valence-corrected chi connectivity index (χ0v) is 11.1. The molecule has 0 saturated carbocycles. The lowest BCUT2D eigenvalue weighted by Crippen LogP contribution is -2.01. The number of hydrogen-bond acceptors (Lipinski definition) is 4. The monoisotopic (exact) mass is 271 g/mol. The van der Waals surface area contributed by atoms with E-state index < -0.39 is 0 Å². The first-order chi connectivity index (χ1) is 9.28. The number of fused-ring (bicyclic) bond motifs is 1. The van der Waals surface area contributed by atoms with E-state index in [9.17, 15) is 4.79 Å². The van der Waals surface area contributed by atoms with Gasteiger partial charge in [-0.25, -0.2) is 0 Å². The molecule has 0 spiro atoms. The van der Waals surface area contributed by atoms with Crippen molar-refractivity contribution in [3.63, 3.8) is 0 Å². The second-order valence-electron chi connectivity index (χ2n) is 4.33. The van der Waals surface area contributed by atoms with Crippen molar-refractivity contribution < 1.29 is 9.21 Å². The largest absolute Gasteiger partial charge is 0.457 e. The third-order valence-electron chi connectivity index (χ3n) is 3.05. The fourth-order valence-electron chi connectivity index (χ4n) is 2.07. The average Bonchev–Trinajstić information content (AvgIpc) is 3.06. The Bertz CT molecular complexity index is 726. The van der Waals surface area contributed by atoms with Crippen molar-refractivity contribution in [1.29, 1.82) is 0 Å². The summed E-state index contributed by atoms with van der Waals surface area (Å²) in [5, 5.41) is 3.18. The highest BCUT2D eigenvalue weighted by Crippen LogP contribution is 2.26. The van der Waals surface area contributed by atoms with E-state index in [1.165, 1.54) is 4.70 Å². The lowest BCUT2D eigenvalue weighted by Gasteiger charge is -1.97. The van der Waals surface area contributed by atoms with E-state index >= 15 is 0 Å². The van der Waals surface area contributed by atoms with Crippen LogP contribution in [0.4, 0.5) is 0 Å². The smallest absolute Gasteiger partial charge is 0.202 e. The molecule has 1 aromatic carbocycles. The van der Waals surface area contributed by atoms with E-state index in [2.05, 4.69) is 6.07 Å². The molecule has 3 rings (SSSR count). The van der Waals surface area contributed by atoms with Gasteiger partial charge in [-0.2, -0.15) is 0 Å². The van der Waals surface area contributed by atoms with Crippen molar-refractivity contribution in [2.45, 2.75) is 13.0 Å². The standard InChI is InChI=1S/C15H13NO2S/c16-8-11-5-6-14(18-11)13(17)7-10-9-19-15-4-2-1-3-12(10)15/h1-6,9H,7-8,16H2. The van der Waals surface area contributed by atoms with Gasteiger partial charge in [-0.1, -0.05) is 18.2 Å². The normalized spacial score (nSPS) is 11.0. The van der Waals surface area contributed by atoms with Gasteiger partial charge in [0.1, 0.15) is 5.76 Å². The number of thiophene rings is 1. The highest BCUT2D eigenvalue weighted by atomic mass is 32.1. The Morgan fingerprint density at radius 3 is 2.84 bits per heavy atom. The van der Waals surface area contributed by atoms with Gasteiger partial charge in [0.15, 0.2) is 5.76 Å². The lowest BCUT2D eigenvalue weighted by atomic mass is 10.1. The molecule has 0 aliphatic heterocycles. The number of nitrogens with two attached hydrogens (primary N) is 1. The molecule has 2 heterocycles. The van der Waals surface area contributed by atoms with Crippen LogP contribution in [-0.4, -0.2) is 5.78 Å². The topological polar surface area (TPSA) is 56.2 Å². The summed E-state index contributed by atoms with van der Waals surface area (Å²) in [6.07, 6.45) is 0.363. The first kappa shape index (κ1) is 12.1. The number of carbonyl (C=O) groups is 1. The molecular formula is C15H13NO2S. The molecule has 0 unspecified atom stereocenters. The van der Waals surface area contributed by atoms with Crippen LogP contribution in [0.5, 0.6) is 0 Å². The summed E-state index contributed by atoms with van der Waals surface area (Å²) in [5.41, 5.74) is 6.52. The van der Waals surface area contributed by atoms with Crippen LogP contribution in [0, 0.1) is 0 Å². The molecule has 2 N–H and O–H groups in total. The summed E-state index contributed by atoms with van der Waals surface area (Å²) < 4.78 is 6.59. The van der Waals surface area contributed by atoms with E-state index in [1.54, 1.807) is 23.5 Å². The SMILES string of the molecule is NCc1ccc(C(=O)Cc2csc3ccccc23)o1. The van der Waals surface area contributed by atoms with Crippen LogP contribution in [0.25, 0.3) is 10.1 Å². The van der Waals surface area contributed by atoms with Crippen molar-refractivity contribution in [3.05, 3.63) is 58.9 Å². The molecule has 3 nitrogen and oxygen atoms in total. The van der Waals surface area contributed by atoms with Crippen LogP contribution in [0.15, 0.2) is 46.2 Å². The maximum Gasteiger partial charge on any atom is 0.202 e. The van der Waals surface area contributed by atoms with Gasteiger partial charge in [0.05, 0.1) is 6.54 Å². The van der Waals surface area contributed by atoms with Crippen LogP contribution >= 0.6 is 11.3 Å². The first-order valence-electron chi connectivity index (χ1n) is 6.05. The number of Topliss-reactive ketones (excluding diaryl/α,β-unsaturated/α-hetero) is 1. The Morgan fingerprint density at radius 2 is 2.05 bits per heavy atom. The molecule has 0 aliphatic rings. The molecule has 96 valence electrons. The molecule has 0 fully saturated rings. The van der Waals surface area contributed by atoms with E-state index in [0.717, 1.165) is 10.9 Å². The van der Waals surface area contributed by atoms with Crippen molar-refractivity contribution in [2.24, 2.45) is 5.73 Å². The van der Waals surface area contributed by atoms with Gasteiger partial charge in [0.2, 0.25) is 5.78 Å². The summed E-state index contributed by atoms with van der Waals surface area (Å²) >= 11 is 1.66. The zero-order chi connectivity index (χ0) is 13.2. The molecular weight excluding hydrogens is 258 g/mol. The molecule has 0 atom stereocenters. The molecule has 0 bridgehead atoms. The van der Waals surface area contributed by atoms with Crippen LogP contribution in [0.3, 0.4) is 0 Å². The molecule has 19 heavy (non-hydrogen) atoms. The number of hydrogen-bond donors (Lipinski definition) is 1. The van der Waals surface area contributed by atoms with Gasteiger partial charge >= 0.3 is 0 Å². The highest BCUT2D eigenvalue weighted by molar-refractivity contribution is 7.17. The average molecular weight is 271 g/mol. The Balaban J connectivity index is 1.86. The van der Waals surface area contributed by atoms with Crippen molar-refractivity contribution >= 4 is 27.2 Å². The van der Waals surface area contributed by atoms with E-state index in [1.807, 2.05) is 23.6 Å². The molecule has 0 radical (unpaired) electrons.